The predicted octanol–water partition coefficient (Wildman–Crippen LogP) is 3.30. The standard InChI is InChI=1S/C14H12FNO2S/c1-19-13-12(3-2-8-16-13)14(17)18-9-10-4-6-11(15)7-5-10/h2-8H,9H2,1H3. The van der Waals surface area contributed by atoms with Crippen LogP contribution in [0.1, 0.15) is 15.9 Å². The molecule has 1 aromatic heterocycles. The zero-order valence-electron chi connectivity index (χ0n) is 10.3. The summed E-state index contributed by atoms with van der Waals surface area (Å²) >= 11 is 1.39. The molecule has 2 rings (SSSR count). The number of aromatic nitrogens is 1. The van der Waals surface area contributed by atoms with Crippen LogP contribution in [-0.4, -0.2) is 17.2 Å². The van der Waals surface area contributed by atoms with E-state index < -0.39 is 5.97 Å². The van der Waals surface area contributed by atoms with E-state index in [1.54, 1.807) is 30.5 Å². The first-order chi connectivity index (χ1) is 9.20. The van der Waals surface area contributed by atoms with Crippen LogP contribution in [0.25, 0.3) is 0 Å². The lowest BCUT2D eigenvalue weighted by Gasteiger charge is -2.07. The molecular weight excluding hydrogens is 265 g/mol. The van der Waals surface area contributed by atoms with Crippen LogP contribution in [0.15, 0.2) is 47.6 Å². The molecule has 0 aliphatic heterocycles. The highest BCUT2D eigenvalue weighted by molar-refractivity contribution is 7.98. The van der Waals surface area contributed by atoms with E-state index in [2.05, 4.69) is 4.98 Å². The second kappa shape index (κ2) is 6.33. The van der Waals surface area contributed by atoms with Crippen LogP contribution in [0.4, 0.5) is 4.39 Å². The van der Waals surface area contributed by atoms with Gasteiger partial charge in [0.15, 0.2) is 0 Å². The number of hydrogen-bond donors (Lipinski definition) is 0. The summed E-state index contributed by atoms with van der Waals surface area (Å²) in [5, 5.41) is 0.631. The van der Waals surface area contributed by atoms with Gasteiger partial charge in [-0.1, -0.05) is 12.1 Å². The molecule has 0 saturated heterocycles. The third kappa shape index (κ3) is 3.54. The molecule has 1 heterocycles. The Bertz CT molecular complexity index is 572. The number of pyridine rings is 1. The molecule has 0 saturated carbocycles. The molecule has 0 N–H and O–H groups in total. The molecule has 2 aromatic rings. The Morgan fingerprint density at radius 1 is 1.32 bits per heavy atom. The molecule has 0 bridgehead atoms. The van der Waals surface area contributed by atoms with Gasteiger partial charge in [-0.2, -0.15) is 0 Å². The number of rotatable bonds is 4. The Morgan fingerprint density at radius 2 is 2.05 bits per heavy atom. The molecule has 5 heteroatoms. The van der Waals surface area contributed by atoms with Crippen LogP contribution in [-0.2, 0) is 11.3 Å². The normalized spacial score (nSPS) is 10.2. The van der Waals surface area contributed by atoms with Crippen LogP contribution in [0.5, 0.6) is 0 Å². The van der Waals surface area contributed by atoms with E-state index in [0.717, 1.165) is 5.56 Å². The lowest BCUT2D eigenvalue weighted by Crippen LogP contribution is -2.07. The van der Waals surface area contributed by atoms with Gasteiger partial charge in [-0.05, 0) is 36.1 Å². The predicted molar refractivity (Wildman–Crippen MR) is 71.5 cm³/mol. The molecule has 0 aliphatic rings. The zero-order valence-corrected chi connectivity index (χ0v) is 11.1. The van der Waals surface area contributed by atoms with Crippen molar-refractivity contribution in [3.8, 4) is 0 Å². The molecule has 0 spiro atoms. The Morgan fingerprint density at radius 3 is 2.74 bits per heavy atom. The van der Waals surface area contributed by atoms with E-state index in [-0.39, 0.29) is 12.4 Å². The highest BCUT2D eigenvalue weighted by Crippen LogP contribution is 2.18. The van der Waals surface area contributed by atoms with E-state index in [1.807, 2.05) is 6.26 Å². The molecule has 0 radical (unpaired) electrons. The molecule has 19 heavy (non-hydrogen) atoms. The van der Waals surface area contributed by atoms with E-state index in [9.17, 15) is 9.18 Å². The van der Waals surface area contributed by atoms with Crippen LogP contribution >= 0.6 is 11.8 Å². The maximum atomic E-state index is 12.7. The highest BCUT2D eigenvalue weighted by atomic mass is 32.2. The second-order valence-electron chi connectivity index (χ2n) is 3.76. The summed E-state index contributed by atoms with van der Waals surface area (Å²) in [6.07, 6.45) is 3.47. The minimum atomic E-state index is -0.429. The topological polar surface area (TPSA) is 39.2 Å². The van der Waals surface area contributed by atoms with Crippen molar-refractivity contribution in [1.82, 2.24) is 4.98 Å². The molecular formula is C14H12FNO2S. The van der Waals surface area contributed by atoms with Gasteiger partial charge in [-0.15, -0.1) is 11.8 Å². The van der Waals surface area contributed by atoms with Gasteiger partial charge in [0.2, 0.25) is 0 Å². The number of hydrogen-bond acceptors (Lipinski definition) is 4. The fraction of sp³-hybridized carbons (Fsp3) is 0.143. The second-order valence-corrected chi connectivity index (χ2v) is 4.56. The molecule has 0 unspecified atom stereocenters. The van der Waals surface area contributed by atoms with Crippen molar-refractivity contribution < 1.29 is 13.9 Å². The van der Waals surface area contributed by atoms with Crippen molar-refractivity contribution in [2.45, 2.75) is 11.6 Å². The number of esters is 1. The number of benzene rings is 1. The van der Waals surface area contributed by atoms with Crippen molar-refractivity contribution in [3.63, 3.8) is 0 Å². The lowest BCUT2D eigenvalue weighted by atomic mass is 10.2. The minimum Gasteiger partial charge on any atom is -0.457 e. The van der Waals surface area contributed by atoms with Gasteiger partial charge < -0.3 is 4.74 Å². The summed E-state index contributed by atoms with van der Waals surface area (Å²) in [4.78, 5) is 16.0. The van der Waals surface area contributed by atoms with E-state index in [0.29, 0.717) is 10.6 Å². The Hall–Kier alpha value is -1.88. The van der Waals surface area contributed by atoms with Crippen LogP contribution < -0.4 is 0 Å². The Kier molecular flexibility index (Phi) is 4.52. The molecule has 3 nitrogen and oxygen atoms in total. The number of thioether (sulfide) groups is 1. The van der Waals surface area contributed by atoms with Crippen molar-refractivity contribution >= 4 is 17.7 Å². The molecule has 0 fully saturated rings. The van der Waals surface area contributed by atoms with Gasteiger partial charge in [-0.3, -0.25) is 0 Å². The summed E-state index contributed by atoms with van der Waals surface area (Å²) < 4.78 is 17.9. The smallest absolute Gasteiger partial charge is 0.341 e. The molecule has 0 aliphatic carbocycles. The Labute approximate surface area is 114 Å². The van der Waals surface area contributed by atoms with Gasteiger partial charge in [0.05, 0.1) is 5.56 Å². The van der Waals surface area contributed by atoms with E-state index in [4.69, 9.17) is 4.74 Å². The van der Waals surface area contributed by atoms with Gasteiger partial charge in [0, 0.05) is 6.20 Å². The van der Waals surface area contributed by atoms with Crippen LogP contribution in [0, 0.1) is 5.82 Å². The quantitative estimate of drug-likeness (QED) is 0.635. The van der Waals surface area contributed by atoms with Crippen molar-refractivity contribution in [2.24, 2.45) is 0 Å². The first-order valence-corrected chi connectivity index (χ1v) is 6.84. The number of halogens is 1. The fourth-order valence-corrected chi connectivity index (χ4v) is 2.05. The highest BCUT2D eigenvalue weighted by Gasteiger charge is 2.12. The molecule has 0 amide bonds. The number of carbonyl (C=O) groups excluding carboxylic acids is 1. The summed E-state index contributed by atoms with van der Waals surface area (Å²) in [6, 6.07) is 9.20. The average molecular weight is 277 g/mol. The summed E-state index contributed by atoms with van der Waals surface area (Å²) in [5.41, 5.74) is 1.18. The molecule has 98 valence electrons. The average Bonchev–Trinajstić information content (AvgIpc) is 2.46. The Balaban J connectivity index is 2.03. The lowest BCUT2D eigenvalue weighted by molar-refractivity contribution is 0.0467. The number of ether oxygens (including phenoxy) is 1. The van der Waals surface area contributed by atoms with Gasteiger partial charge in [0.25, 0.3) is 0 Å². The summed E-state index contributed by atoms with van der Waals surface area (Å²) in [7, 11) is 0. The first kappa shape index (κ1) is 13.5. The van der Waals surface area contributed by atoms with Crippen LogP contribution in [0.2, 0.25) is 0 Å². The fourth-order valence-electron chi connectivity index (χ4n) is 1.52. The monoisotopic (exact) mass is 277 g/mol. The van der Waals surface area contributed by atoms with Gasteiger partial charge in [-0.25, -0.2) is 14.2 Å². The SMILES string of the molecule is CSc1ncccc1C(=O)OCc1ccc(F)cc1. The zero-order chi connectivity index (χ0) is 13.7. The first-order valence-electron chi connectivity index (χ1n) is 5.61. The van der Waals surface area contributed by atoms with Crippen LogP contribution in [0.3, 0.4) is 0 Å². The van der Waals surface area contributed by atoms with Crippen molar-refractivity contribution in [3.05, 3.63) is 59.5 Å². The third-order valence-corrected chi connectivity index (χ3v) is 3.18. The third-order valence-electron chi connectivity index (χ3n) is 2.47. The minimum absolute atomic E-state index is 0.113. The van der Waals surface area contributed by atoms with Gasteiger partial charge >= 0.3 is 5.97 Å². The molecule has 1 aromatic carbocycles. The maximum Gasteiger partial charge on any atom is 0.341 e. The number of nitrogens with zero attached hydrogens (tertiary/aromatic N) is 1. The number of carbonyl (C=O) groups is 1. The van der Waals surface area contributed by atoms with E-state index >= 15 is 0 Å². The van der Waals surface area contributed by atoms with Crippen molar-refractivity contribution in [2.75, 3.05) is 6.26 Å². The van der Waals surface area contributed by atoms with E-state index in [1.165, 1.54) is 23.9 Å². The summed E-state index contributed by atoms with van der Waals surface area (Å²) in [5.74, 6) is -0.742. The van der Waals surface area contributed by atoms with Gasteiger partial charge in [0.1, 0.15) is 17.5 Å². The maximum absolute atomic E-state index is 12.7. The summed E-state index contributed by atoms with van der Waals surface area (Å²) in [6.45, 7) is 0.113. The van der Waals surface area contributed by atoms with Crippen molar-refractivity contribution in [1.29, 1.82) is 0 Å². The molecule has 0 atom stereocenters. The largest absolute Gasteiger partial charge is 0.457 e.